The molecule has 1 aromatic heterocycles. The van der Waals surface area contributed by atoms with Crippen molar-refractivity contribution in [3.63, 3.8) is 0 Å². The van der Waals surface area contributed by atoms with E-state index in [1.807, 2.05) is 49.4 Å². The Balaban J connectivity index is 1.44. The maximum absolute atomic E-state index is 14.0. The first-order chi connectivity index (χ1) is 19.4. The van der Waals surface area contributed by atoms with Crippen molar-refractivity contribution in [2.24, 2.45) is 5.73 Å². The smallest absolute Gasteiger partial charge is 0.332 e. The van der Waals surface area contributed by atoms with E-state index in [1.54, 1.807) is 23.2 Å². The molecule has 210 valence electrons. The fraction of sp³-hybridized carbons (Fsp3) is 0.379. The number of piperazine rings is 1. The zero-order valence-corrected chi connectivity index (χ0v) is 23.1. The summed E-state index contributed by atoms with van der Waals surface area (Å²) >= 11 is 5.98. The van der Waals surface area contributed by atoms with Gasteiger partial charge in [-0.3, -0.25) is 19.4 Å². The molecule has 3 heterocycles. The highest BCUT2D eigenvalue weighted by Gasteiger charge is 2.53. The molecule has 0 spiro atoms. The van der Waals surface area contributed by atoms with E-state index in [-0.39, 0.29) is 31.5 Å². The molecule has 2 aliphatic heterocycles. The number of fused-ring (bicyclic) bond motifs is 2. The average molecular weight is 565 g/mol. The number of aromatic nitrogens is 1. The number of amides is 4. The number of carbonyl (C=O) groups is 3. The van der Waals surface area contributed by atoms with Gasteiger partial charge in [0, 0.05) is 29.7 Å². The monoisotopic (exact) mass is 564 g/mol. The predicted octanol–water partition coefficient (Wildman–Crippen LogP) is 3.43. The highest BCUT2D eigenvalue weighted by atomic mass is 35.5. The van der Waals surface area contributed by atoms with Crippen LogP contribution < -0.4 is 11.1 Å². The van der Waals surface area contributed by atoms with Crippen LogP contribution in [0.2, 0.25) is 5.02 Å². The number of halogens is 1. The summed E-state index contributed by atoms with van der Waals surface area (Å²) in [6.45, 7) is 2.52. The molecule has 4 amide bonds. The first-order valence-electron chi connectivity index (χ1n) is 13.5. The number of hydrogen-bond acceptors (Lipinski definition) is 6. The molecule has 2 aliphatic rings. The Hall–Kier alpha value is -3.73. The third kappa shape index (κ3) is 5.60. The van der Waals surface area contributed by atoms with Crippen molar-refractivity contribution in [1.29, 1.82) is 0 Å². The van der Waals surface area contributed by atoms with Crippen LogP contribution in [0.1, 0.15) is 37.3 Å². The van der Waals surface area contributed by atoms with Crippen LogP contribution in [0.15, 0.2) is 60.8 Å². The Morgan fingerprint density at radius 3 is 2.67 bits per heavy atom. The number of carbonyl (C=O) groups excluding carboxylic acids is 3. The van der Waals surface area contributed by atoms with E-state index < -0.39 is 24.3 Å². The summed E-state index contributed by atoms with van der Waals surface area (Å²) < 4.78 is 0. The van der Waals surface area contributed by atoms with Crippen LogP contribution in [-0.4, -0.2) is 69.1 Å². The summed E-state index contributed by atoms with van der Waals surface area (Å²) in [6.07, 6.45) is 2.75. The van der Waals surface area contributed by atoms with Gasteiger partial charge in [-0.05, 0) is 62.1 Å². The van der Waals surface area contributed by atoms with Crippen molar-refractivity contribution in [2.45, 2.75) is 57.5 Å². The van der Waals surface area contributed by atoms with Gasteiger partial charge < -0.3 is 20.9 Å². The Morgan fingerprint density at radius 2 is 1.90 bits per heavy atom. The Morgan fingerprint density at radius 1 is 1.12 bits per heavy atom. The van der Waals surface area contributed by atoms with E-state index in [2.05, 4.69) is 10.3 Å². The van der Waals surface area contributed by atoms with Crippen molar-refractivity contribution in [2.75, 3.05) is 13.2 Å². The molecule has 2 saturated heterocycles. The zero-order chi connectivity index (χ0) is 28.2. The average Bonchev–Trinajstić information content (AvgIpc) is 2.96. The second-order valence-electron chi connectivity index (χ2n) is 10.1. The highest BCUT2D eigenvalue weighted by molar-refractivity contribution is 6.30. The summed E-state index contributed by atoms with van der Waals surface area (Å²) in [7, 11) is 0. The lowest BCUT2D eigenvalue weighted by atomic mass is 9.96. The fourth-order valence-electron chi connectivity index (χ4n) is 5.48. The minimum atomic E-state index is -0.810. The third-order valence-electron chi connectivity index (χ3n) is 7.51. The predicted molar refractivity (Wildman–Crippen MR) is 151 cm³/mol. The number of rotatable bonds is 8. The molecule has 0 aliphatic carbocycles. The van der Waals surface area contributed by atoms with Crippen LogP contribution in [-0.2, 0) is 27.5 Å². The van der Waals surface area contributed by atoms with Gasteiger partial charge in [0.05, 0.1) is 11.6 Å². The summed E-state index contributed by atoms with van der Waals surface area (Å²) in [6, 6.07) is 15.1. The number of nitrogens with one attached hydrogen (secondary N) is 1. The van der Waals surface area contributed by atoms with Gasteiger partial charge in [-0.2, -0.15) is 5.06 Å². The normalized spacial score (nSPS) is 21.1. The van der Waals surface area contributed by atoms with Gasteiger partial charge >= 0.3 is 6.03 Å². The van der Waals surface area contributed by atoms with Crippen LogP contribution in [0.4, 0.5) is 4.79 Å². The Bertz CT molecular complexity index is 1380. The first-order valence-corrected chi connectivity index (χ1v) is 13.9. The Labute approximate surface area is 238 Å². The van der Waals surface area contributed by atoms with Crippen molar-refractivity contribution in [1.82, 2.24) is 25.2 Å². The Kier molecular flexibility index (Phi) is 8.49. The van der Waals surface area contributed by atoms with Gasteiger partial charge in [-0.15, -0.1) is 0 Å². The summed E-state index contributed by atoms with van der Waals surface area (Å²) in [5, 5.41) is 5.65. The second-order valence-corrected chi connectivity index (χ2v) is 10.5. The molecule has 40 heavy (non-hydrogen) atoms. The molecule has 5 rings (SSSR count). The van der Waals surface area contributed by atoms with Crippen LogP contribution in [0.3, 0.4) is 0 Å². The summed E-state index contributed by atoms with van der Waals surface area (Å²) in [5.41, 5.74) is 8.27. The number of nitrogens with two attached hydrogens (primary N) is 1. The standard InChI is InChI=1S/C29H33ClN6O4/c1-19-27-35(25(37)18-40-36(27)29(39)33-16-20-10-12-23(30)13-11-20)24(9-2-3-14-31)28(38)34(19)17-22-7-4-6-21-8-5-15-32-26(21)22/h4-8,10-13,15,19,24,27H,2-3,9,14,16-18,31H2,1H3,(H,33,39)/t19-,24-,27-/m0/s1. The van der Waals surface area contributed by atoms with Crippen LogP contribution in [0.5, 0.6) is 0 Å². The molecule has 0 bridgehead atoms. The van der Waals surface area contributed by atoms with Gasteiger partial charge in [0.1, 0.15) is 6.04 Å². The van der Waals surface area contributed by atoms with Gasteiger partial charge in [0.15, 0.2) is 12.8 Å². The lowest BCUT2D eigenvalue weighted by Gasteiger charge is -2.54. The van der Waals surface area contributed by atoms with E-state index >= 15 is 0 Å². The number of hydrogen-bond donors (Lipinski definition) is 2. The number of benzene rings is 2. The number of urea groups is 1. The van der Waals surface area contributed by atoms with Gasteiger partial charge in [0.25, 0.3) is 5.91 Å². The topological polar surface area (TPSA) is 121 Å². The second kappa shape index (κ2) is 12.2. The quantitative estimate of drug-likeness (QED) is 0.404. The summed E-state index contributed by atoms with van der Waals surface area (Å²) in [5.74, 6) is -0.485. The van der Waals surface area contributed by atoms with Crippen molar-refractivity contribution < 1.29 is 19.2 Å². The number of para-hydroxylation sites is 1. The maximum Gasteiger partial charge on any atom is 0.343 e. The van der Waals surface area contributed by atoms with E-state index in [0.29, 0.717) is 24.4 Å². The molecule has 3 aromatic rings. The van der Waals surface area contributed by atoms with Crippen LogP contribution in [0.25, 0.3) is 10.9 Å². The number of pyridine rings is 1. The number of unbranched alkanes of at least 4 members (excludes halogenated alkanes) is 1. The molecule has 2 aromatic carbocycles. The zero-order valence-electron chi connectivity index (χ0n) is 22.3. The maximum atomic E-state index is 14.0. The molecule has 3 N–H and O–H groups in total. The SMILES string of the molecule is C[C@H]1[C@@H]2N(C(=O)NCc3ccc(Cl)cc3)OCC(=O)N2[C@@H](CCCCN)C(=O)N1Cc1cccc2cccnc12. The van der Waals surface area contributed by atoms with E-state index in [4.69, 9.17) is 22.2 Å². The lowest BCUT2D eigenvalue weighted by Crippen LogP contribution is -2.75. The highest BCUT2D eigenvalue weighted by Crippen LogP contribution is 2.33. The molecule has 10 nitrogen and oxygen atoms in total. The third-order valence-corrected chi connectivity index (χ3v) is 7.77. The van der Waals surface area contributed by atoms with Gasteiger partial charge in [0.2, 0.25) is 5.91 Å². The number of nitrogens with zero attached hydrogens (tertiary/aromatic N) is 4. The first kappa shape index (κ1) is 27.8. The van der Waals surface area contributed by atoms with Crippen LogP contribution >= 0.6 is 11.6 Å². The minimum absolute atomic E-state index is 0.162. The molecule has 2 fully saturated rings. The molecular weight excluding hydrogens is 532 g/mol. The summed E-state index contributed by atoms with van der Waals surface area (Å²) in [4.78, 5) is 54.2. The minimum Gasteiger partial charge on any atom is -0.332 e. The van der Waals surface area contributed by atoms with Crippen molar-refractivity contribution >= 4 is 40.3 Å². The molecule has 0 radical (unpaired) electrons. The van der Waals surface area contributed by atoms with Crippen molar-refractivity contribution in [3.05, 3.63) is 76.9 Å². The van der Waals surface area contributed by atoms with E-state index in [9.17, 15) is 14.4 Å². The van der Waals surface area contributed by atoms with Crippen molar-refractivity contribution in [3.8, 4) is 0 Å². The molecular formula is C29H33ClN6O4. The van der Waals surface area contributed by atoms with E-state index in [0.717, 1.165) is 28.5 Å². The molecule has 11 heteroatoms. The molecule has 0 saturated carbocycles. The van der Waals surface area contributed by atoms with Crippen LogP contribution in [0, 0.1) is 0 Å². The molecule has 3 atom stereocenters. The fourth-order valence-corrected chi connectivity index (χ4v) is 5.60. The molecule has 0 unspecified atom stereocenters. The number of hydroxylamine groups is 2. The van der Waals surface area contributed by atoms with Gasteiger partial charge in [-0.25, -0.2) is 4.79 Å². The van der Waals surface area contributed by atoms with E-state index in [1.165, 1.54) is 9.96 Å². The lowest BCUT2D eigenvalue weighted by molar-refractivity contribution is -0.246. The largest absolute Gasteiger partial charge is 0.343 e. The van der Waals surface area contributed by atoms with Gasteiger partial charge in [-0.1, -0.05) is 48.0 Å².